The van der Waals surface area contributed by atoms with E-state index >= 15 is 0 Å². The summed E-state index contributed by atoms with van der Waals surface area (Å²) in [5.74, 6) is -0.460. The van der Waals surface area contributed by atoms with Crippen LogP contribution in [0, 0.1) is 11.8 Å². The third-order valence-electron chi connectivity index (χ3n) is 5.55. The zero-order valence-corrected chi connectivity index (χ0v) is 15.6. The number of fused-ring (bicyclic) bond motifs is 2. The number of esters is 1. The number of ketones is 1. The molecular formula is C20H28O5. The zero-order valence-electron chi connectivity index (χ0n) is 15.6. The Labute approximate surface area is 149 Å². The Morgan fingerprint density at radius 3 is 2.68 bits per heavy atom. The number of aliphatic hydroxyl groups is 1. The summed E-state index contributed by atoms with van der Waals surface area (Å²) in [6, 6.07) is 0. The van der Waals surface area contributed by atoms with Gasteiger partial charge in [0.05, 0.1) is 6.42 Å². The lowest BCUT2D eigenvalue weighted by Gasteiger charge is -2.45. The fourth-order valence-corrected chi connectivity index (χ4v) is 4.24. The molecule has 0 aromatic rings. The van der Waals surface area contributed by atoms with Crippen LogP contribution in [0.3, 0.4) is 0 Å². The number of Topliss-reactive ketones (excluding diaryl/α,β-unsaturated/α-hetero) is 1. The van der Waals surface area contributed by atoms with Crippen molar-refractivity contribution in [3.05, 3.63) is 22.7 Å². The number of rotatable bonds is 4. The number of hydrogen-bond donors (Lipinski definition) is 1. The van der Waals surface area contributed by atoms with Crippen molar-refractivity contribution in [3.8, 4) is 0 Å². The molecular weight excluding hydrogens is 320 g/mol. The third-order valence-corrected chi connectivity index (χ3v) is 5.55. The molecule has 2 heterocycles. The monoisotopic (exact) mass is 348 g/mol. The van der Waals surface area contributed by atoms with E-state index in [-0.39, 0.29) is 29.0 Å². The first-order valence-corrected chi connectivity index (χ1v) is 9.36. The van der Waals surface area contributed by atoms with Gasteiger partial charge in [-0.15, -0.1) is 0 Å². The summed E-state index contributed by atoms with van der Waals surface area (Å²) in [6.45, 7) is 7.90. The molecule has 3 aliphatic rings. The summed E-state index contributed by atoms with van der Waals surface area (Å²) in [5.41, 5.74) is 1.31. The zero-order chi connectivity index (χ0) is 18.4. The summed E-state index contributed by atoms with van der Waals surface area (Å²) in [7, 11) is 0. The average molecular weight is 348 g/mol. The highest BCUT2D eigenvalue weighted by molar-refractivity contribution is 5.86. The minimum absolute atomic E-state index is 0.00964. The molecule has 25 heavy (non-hydrogen) atoms. The Morgan fingerprint density at radius 1 is 1.32 bits per heavy atom. The van der Waals surface area contributed by atoms with Crippen LogP contribution in [-0.2, 0) is 19.1 Å². The summed E-state index contributed by atoms with van der Waals surface area (Å²) in [6.07, 6.45) is 3.11. The van der Waals surface area contributed by atoms with Gasteiger partial charge in [0.2, 0.25) is 0 Å². The maximum absolute atomic E-state index is 12.6. The molecule has 0 spiro atoms. The van der Waals surface area contributed by atoms with Crippen LogP contribution in [-0.4, -0.2) is 28.6 Å². The van der Waals surface area contributed by atoms with E-state index in [9.17, 15) is 14.7 Å². The Bertz CT molecular complexity index is 655. The van der Waals surface area contributed by atoms with Crippen molar-refractivity contribution in [2.24, 2.45) is 11.8 Å². The highest BCUT2D eigenvalue weighted by Gasteiger charge is 2.50. The molecule has 0 radical (unpaired) electrons. The Balaban J connectivity index is 2.16. The normalized spacial score (nSPS) is 31.0. The van der Waals surface area contributed by atoms with Crippen LogP contribution in [0.4, 0.5) is 0 Å². The molecule has 0 saturated carbocycles. The number of hydrogen-bond acceptors (Lipinski definition) is 5. The van der Waals surface area contributed by atoms with E-state index in [2.05, 4.69) is 6.92 Å². The first-order chi connectivity index (χ1) is 11.8. The maximum atomic E-state index is 12.6. The average Bonchev–Trinajstić information content (AvgIpc) is 2.53. The van der Waals surface area contributed by atoms with E-state index in [4.69, 9.17) is 9.47 Å². The van der Waals surface area contributed by atoms with Gasteiger partial charge in [-0.3, -0.25) is 9.59 Å². The lowest BCUT2D eigenvalue weighted by Crippen LogP contribution is -2.46. The molecule has 2 saturated heterocycles. The van der Waals surface area contributed by atoms with Gasteiger partial charge in [-0.2, -0.15) is 0 Å². The lowest BCUT2D eigenvalue weighted by atomic mass is 9.71. The molecule has 138 valence electrons. The molecule has 5 heteroatoms. The van der Waals surface area contributed by atoms with Gasteiger partial charge in [-0.1, -0.05) is 20.3 Å². The molecule has 0 bridgehead atoms. The Morgan fingerprint density at radius 2 is 2.04 bits per heavy atom. The van der Waals surface area contributed by atoms with Gasteiger partial charge in [0.1, 0.15) is 34.9 Å². The summed E-state index contributed by atoms with van der Waals surface area (Å²) < 4.78 is 11.8. The summed E-state index contributed by atoms with van der Waals surface area (Å²) in [4.78, 5) is 24.7. The van der Waals surface area contributed by atoms with Crippen LogP contribution in [0.25, 0.3) is 0 Å². The van der Waals surface area contributed by atoms with Gasteiger partial charge in [-0.25, -0.2) is 0 Å². The molecule has 2 aliphatic heterocycles. The lowest BCUT2D eigenvalue weighted by molar-refractivity contribution is -0.157. The van der Waals surface area contributed by atoms with Crippen LogP contribution in [0.2, 0.25) is 0 Å². The van der Waals surface area contributed by atoms with E-state index in [0.29, 0.717) is 25.0 Å². The molecule has 3 atom stereocenters. The third kappa shape index (κ3) is 3.09. The number of carbonyl (C=O) groups is 2. The van der Waals surface area contributed by atoms with Crippen LogP contribution in [0.5, 0.6) is 0 Å². The summed E-state index contributed by atoms with van der Waals surface area (Å²) >= 11 is 0. The van der Waals surface area contributed by atoms with Crippen molar-refractivity contribution in [3.63, 3.8) is 0 Å². The van der Waals surface area contributed by atoms with Gasteiger partial charge in [0.25, 0.3) is 0 Å². The van der Waals surface area contributed by atoms with Crippen LogP contribution in [0.1, 0.15) is 66.2 Å². The molecule has 1 aliphatic carbocycles. The van der Waals surface area contributed by atoms with E-state index < -0.39 is 12.0 Å². The van der Waals surface area contributed by atoms with Gasteiger partial charge in [0, 0.05) is 17.6 Å². The first-order valence-electron chi connectivity index (χ1n) is 9.36. The molecule has 0 aromatic carbocycles. The predicted molar refractivity (Wildman–Crippen MR) is 92.8 cm³/mol. The van der Waals surface area contributed by atoms with Crippen molar-refractivity contribution >= 4 is 11.8 Å². The topological polar surface area (TPSA) is 72.8 Å². The number of carbonyl (C=O) groups excluding carboxylic acids is 2. The van der Waals surface area contributed by atoms with Crippen LogP contribution >= 0.6 is 0 Å². The van der Waals surface area contributed by atoms with Gasteiger partial charge in [0.15, 0.2) is 0 Å². The molecule has 0 aromatic heterocycles. The molecule has 2 fully saturated rings. The van der Waals surface area contributed by atoms with Crippen molar-refractivity contribution < 1.29 is 24.2 Å². The standard InChI is InChI=1S/C20H28O5/c1-5-7-11-10-14(22)24-19-15(11)18-12(8-9-20(3,4)25-18)17(23)16(19)13(21)6-2/h11,16,19,23H,5-10H2,1-4H3. The first kappa shape index (κ1) is 18.0. The van der Waals surface area contributed by atoms with Crippen molar-refractivity contribution in [1.82, 2.24) is 0 Å². The fraction of sp³-hybridized carbons (Fsp3) is 0.700. The van der Waals surface area contributed by atoms with Crippen molar-refractivity contribution in [2.75, 3.05) is 0 Å². The van der Waals surface area contributed by atoms with Crippen LogP contribution in [0.15, 0.2) is 22.7 Å². The smallest absolute Gasteiger partial charge is 0.307 e. The van der Waals surface area contributed by atoms with E-state index in [1.165, 1.54) is 0 Å². The molecule has 5 nitrogen and oxygen atoms in total. The predicted octanol–water partition coefficient (Wildman–Crippen LogP) is 3.98. The maximum Gasteiger partial charge on any atom is 0.307 e. The largest absolute Gasteiger partial charge is 0.511 e. The van der Waals surface area contributed by atoms with Gasteiger partial charge < -0.3 is 14.6 Å². The fourth-order valence-electron chi connectivity index (χ4n) is 4.24. The highest BCUT2D eigenvalue weighted by atomic mass is 16.6. The number of aliphatic hydroxyl groups excluding tert-OH is 1. The SMILES string of the molecule is CCCC1CC(=O)OC2C1=C1OC(C)(C)CCC1=C(O)C2C(=O)CC. The Kier molecular flexibility index (Phi) is 4.69. The highest BCUT2D eigenvalue weighted by Crippen LogP contribution is 2.49. The van der Waals surface area contributed by atoms with Crippen molar-refractivity contribution in [2.45, 2.75) is 77.9 Å². The molecule has 1 N–H and O–H groups in total. The van der Waals surface area contributed by atoms with Gasteiger partial charge in [-0.05, 0) is 39.0 Å². The quantitative estimate of drug-likeness (QED) is 0.778. The van der Waals surface area contributed by atoms with E-state index in [1.807, 2.05) is 13.8 Å². The minimum atomic E-state index is -0.785. The second-order valence-corrected chi connectivity index (χ2v) is 7.91. The minimum Gasteiger partial charge on any atom is -0.511 e. The van der Waals surface area contributed by atoms with Crippen molar-refractivity contribution in [1.29, 1.82) is 0 Å². The van der Waals surface area contributed by atoms with E-state index in [0.717, 1.165) is 30.4 Å². The number of ether oxygens (including phenoxy) is 2. The van der Waals surface area contributed by atoms with E-state index in [1.54, 1.807) is 6.92 Å². The van der Waals surface area contributed by atoms with Gasteiger partial charge >= 0.3 is 5.97 Å². The molecule has 3 rings (SSSR count). The summed E-state index contributed by atoms with van der Waals surface area (Å²) in [5, 5.41) is 10.8. The molecule has 3 unspecified atom stereocenters. The molecule has 0 amide bonds. The van der Waals surface area contributed by atoms with Crippen LogP contribution < -0.4 is 0 Å². The second-order valence-electron chi connectivity index (χ2n) is 7.91. The second kappa shape index (κ2) is 6.50. The Hall–Kier alpha value is -1.78. The number of allylic oxidation sites excluding steroid dienone is 1.